The first kappa shape index (κ1) is 25.8. The SMILES string of the molecule is c1csc(CCCCCCCCCCCCCCCCN2CCNCCNCC2)c1. The first-order chi connectivity index (χ1) is 14.9. The minimum atomic E-state index is 1.12. The monoisotopic (exact) mass is 435 g/mol. The Morgan fingerprint density at radius 2 is 1.13 bits per heavy atom. The fourth-order valence-electron chi connectivity index (χ4n) is 4.45. The average molecular weight is 436 g/mol. The van der Waals surface area contributed by atoms with Gasteiger partial charge in [0.25, 0.3) is 0 Å². The van der Waals surface area contributed by atoms with Gasteiger partial charge in [-0.15, -0.1) is 11.3 Å². The van der Waals surface area contributed by atoms with Crippen LogP contribution in [0.5, 0.6) is 0 Å². The third-order valence-electron chi connectivity index (χ3n) is 6.42. The van der Waals surface area contributed by atoms with Gasteiger partial charge in [-0.25, -0.2) is 0 Å². The van der Waals surface area contributed by atoms with Crippen LogP contribution in [-0.4, -0.2) is 50.7 Å². The van der Waals surface area contributed by atoms with Crippen molar-refractivity contribution in [3.63, 3.8) is 0 Å². The van der Waals surface area contributed by atoms with Crippen LogP contribution in [0.2, 0.25) is 0 Å². The van der Waals surface area contributed by atoms with Crippen LogP contribution in [0.15, 0.2) is 17.5 Å². The second kappa shape index (κ2) is 19.3. The summed E-state index contributed by atoms with van der Waals surface area (Å²) >= 11 is 1.91. The molecular formula is C26H49N3S. The van der Waals surface area contributed by atoms with E-state index < -0.39 is 0 Å². The Morgan fingerprint density at radius 1 is 0.633 bits per heavy atom. The van der Waals surface area contributed by atoms with E-state index in [1.54, 1.807) is 4.88 Å². The van der Waals surface area contributed by atoms with Crippen molar-refractivity contribution < 1.29 is 0 Å². The number of nitrogens with zero attached hydrogens (tertiary/aromatic N) is 1. The number of hydrogen-bond acceptors (Lipinski definition) is 4. The molecule has 4 heteroatoms. The van der Waals surface area contributed by atoms with Crippen LogP contribution in [0.3, 0.4) is 0 Å². The zero-order valence-electron chi connectivity index (χ0n) is 19.6. The molecule has 2 heterocycles. The van der Waals surface area contributed by atoms with E-state index in [2.05, 4.69) is 33.0 Å². The third-order valence-corrected chi connectivity index (χ3v) is 7.35. The van der Waals surface area contributed by atoms with E-state index in [4.69, 9.17) is 0 Å². The summed E-state index contributed by atoms with van der Waals surface area (Å²) in [6.07, 6.45) is 21.5. The van der Waals surface area contributed by atoms with Crippen LogP contribution in [-0.2, 0) is 6.42 Å². The molecule has 1 aliphatic heterocycles. The number of hydrogen-bond donors (Lipinski definition) is 2. The van der Waals surface area contributed by atoms with Gasteiger partial charge in [-0.1, -0.05) is 83.1 Å². The third kappa shape index (κ3) is 14.6. The lowest BCUT2D eigenvalue weighted by atomic mass is 10.0. The fourth-order valence-corrected chi connectivity index (χ4v) is 5.20. The molecule has 0 saturated carbocycles. The quantitative estimate of drug-likeness (QED) is 0.283. The Hall–Kier alpha value is -0.420. The highest BCUT2D eigenvalue weighted by Gasteiger charge is 2.05. The highest BCUT2D eigenvalue weighted by atomic mass is 32.1. The molecule has 1 aliphatic rings. The molecule has 0 radical (unpaired) electrons. The summed E-state index contributed by atoms with van der Waals surface area (Å²) in [4.78, 5) is 4.20. The maximum Gasteiger partial charge on any atom is 0.0107 e. The van der Waals surface area contributed by atoms with Crippen LogP contribution >= 0.6 is 11.3 Å². The summed E-state index contributed by atoms with van der Waals surface area (Å²) in [7, 11) is 0. The molecule has 30 heavy (non-hydrogen) atoms. The van der Waals surface area contributed by atoms with E-state index in [-0.39, 0.29) is 0 Å². The van der Waals surface area contributed by atoms with Crippen molar-refractivity contribution in [2.45, 2.75) is 96.3 Å². The molecule has 0 aliphatic carbocycles. The molecule has 174 valence electrons. The Bertz CT molecular complexity index is 453. The number of aryl methyl sites for hydroxylation is 1. The molecule has 0 aromatic carbocycles. The normalized spacial score (nSPS) is 16.3. The summed E-state index contributed by atoms with van der Waals surface area (Å²) in [5.74, 6) is 0. The predicted octanol–water partition coefficient (Wildman–Crippen LogP) is 6.25. The van der Waals surface area contributed by atoms with Crippen LogP contribution in [0.4, 0.5) is 0 Å². The zero-order valence-corrected chi connectivity index (χ0v) is 20.5. The van der Waals surface area contributed by atoms with E-state index >= 15 is 0 Å². The van der Waals surface area contributed by atoms with Gasteiger partial charge in [0, 0.05) is 44.1 Å². The fraction of sp³-hybridized carbons (Fsp3) is 0.846. The van der Waals surface area contributed by atoms with E-state index in [9.17, 15) is 0 Å². The summed E-state index contributed by atoms with van der Waals surface area (Å²) in [5, 5.41) is 9.22. The van der Waals surface area contributed by atoms with Gasteiger partial charge in [-0.3, -0.25) is 0 Å². The number of unbranched alkanes of at least 4 members (excludes halogenated alkanes) is 13. The van der Waals surface area contributed by atoms with Crippen LogP contribution in [0, 0.1) is 0 Å². The van der Waals surface area contributed by atoms with Gasteiger partial charge >= 0.3 is 0 Å². The maximum absolute atomic E-state index is 3.51. The van der Waals surface area contributed by atoms with Crippen molar-refractivity contribution in [2.24, 2.45) is 0 Å². The van der Waals surface area contributed by atoms with Crippen LogP contribution in [0.1, 0.15) is 94.8 Å². The van der Waals surface area contributed by atoms with Crippen LogP contribution in [0.25, 0.3) is 0 Å². The summed E-state index contributed by atoms with van der Waals surface area (Å²) in [6, 6.07) is 4.45. The molecular weight excluding hydrogens is 386 g/mol. The van der Waals surface area contributed by atoms with E-state index in [1.165, 1.54) is 116 Å². The second-order valence-corrected chi connectivity index (χ2v) is 10.2. The predicted molar refractivity (Wildman–Crippen MR) is 135 cm³/mol. The number of rotatable bonds is 17. The Kier molecular flexibility index (Phi) is 16.6. The lowest BCUT2D eigenvalue weighted by Crippen LogP contribution is -2.34. The molecule has 1 fully saturated rings. The Labute approximate surface area is 191 Å². The van der Waals surface area contributed by atoms with E-state index in [1.807, 2.05) is 11.3 Å². The smallest absolute Gasteiger partial charge is 0.0107 e. The van der Waals surface area contributed by atoms with Crippen molar-refractivity contribution in [3.8, 4) is 0 Å². The van der Waals surface area contributed by atoms with Gasteiger partial charge in [0.15, 0.2) is 0 Å². The van der Waals surface area contributed by atoms with Crippen molar-refractivity contribution in [1.29, 1.82) is 0 Å². The standard InChI is InChI=1S/C26H49N3S/c1(3-5-7-9-11-13-16-26-17-15-25-30-26)2-4-6-8-10-12-14-22-29-23-20-27-18-19-28-21-24-29/h15,17,25,27-28H,1-14,16,18-24H2. The lowest BCUT2D eigenvalue weighted by Gasteiger charge is -2.21. The largest absolute Gasteiger partial charge is 0.314 e. The highest BCUT2D eigenvalue weighted by Crippen LogP contribution is 2.15. The molecule has 0 atom stereocenters. The molecule has 2 N–H and O–H groups in total. The molecule has 1 saturated heterocycles. The van der Waals surface area contributed by atoms with Crippen molar-refractivity contribution in [2.75, 3.05) is 45.8 Å². The summed E-state index contributed by atoms with van der Waals surface area (Å²) in [5.41, 5.74) is 0. The highest BCUT2D eigenvalue weighted by molar-refractivity contribution is 7.09. The molecule has 1 aromatic heterocycles. The summed E-state index contributed by atoms with van der Waals surface area (Å²) < 4.78 is 0. The molecule has 3 nitrogen and oxygen atoms in total. The second-order valence-electron chi connectivity index (χ2n) is 9.12. The van der Waals surface area contributed by atoms with Crippen molar-refractivity contribution in [1.82, 2.24) is 15.5 Å². The molecule has 0 unspecified atom stereocenters. The lowest BCUT2D eigenvalue weighted by molar-refractivity contribution is 0.273. The van der Waals surface area contributed by atoms with Gasteiger partial charge < -0.3 is 15.5 Å². The first-order valence-electron chi connectivity index (χ1n) is 13.1. The van der Waals surface area contributed by atoms with Gasteiger partial charge in [-0.05, 0) is 37.3 Å². The minimum Gasteiger partial charge on any atom is -0.314 e. The van der Waals surface area contributed by atoms with Crippen molar-refractivity contribution >= 4 is 11.3 Å². The maximum atomic E-state index is 3.51. The first-order valence-corrected chi connectivity index (χ1v) is 14.0. The Morgan fingerprint density at radius 3 is 1.63 bits per heavy atom. The van der Waals surface area contributed by atoms with Gasteiger partial charge in [-0.2, -0.15) is 0 Å². The van der Waals surface area contributed by atoms with E-state index in [0.717, 1.165) is 26.2 Å². The number of nitrogens with one attached hydrogen (secondary N) is 2. The molecule has 0 bridgehead atoms. The molecule has 2 rings (SSSR count). The minimum absolute atomic E-state index is 1.12. The van der Waals surface area contributed by atoms with E-state index in [0.29, 0.717) is 0 Å². The van der Waals surface area contributed by atoms with Crippen LogP contribution < -0.4 is 10.6 Å². The Balaban J connectivity index is 1.25. The van der Waals surface area contributed by atoms with Gasteiger partial charge in [0.2, 0.25) is 0 Å². The molecule has 0 spiro atoms. The molecule has 1 aromatic rings. The zero-order chi connectivity index (χ0) is 21.0. The topological polar surface area (TPSA) is 27.3 Å². The average Bonchev–Trinajstić information content (AvgIpc) is 3.31. The molecule has 0 amide bonds. The van der Waals surface area contributed by atoms with Gasteiger partial charge in [0.1, 0.15) is 0 Å². The summed E-state index contributed by atoms with van der Waals surface area (Å²) in [6.45, 7) is 8.26. The van der Waals surface area contributed by atoms with Gasteiger partial charge in [0.05, 0.1) is 0 Å². The van der Waals surface area contributed by atoms with Crippen molar-refractivity contribution in [3.05, 3.63) is 22.4 Å². The number of thiophene rings is 1.